The van der Waals surface area contributed by atoms with E-state index in [1.807, 2.05) is 0 Å². The average molecular weight is 210 g/mol. The number of halogens is 3. The number of pyridine rings is 1. The summed E-state index contributed by atoms with van der Waals surface area (Å²) in [5.41, 5.74) is -1.01. The molecule has 0 aliphatic carbocycles. The van der Waals surface area contributed by atoms with Crippen molar-refractivity contribution in [2.45, 2.75) is 0 Å². The van der Waals surface area contributed by atoms with E-state index in [2.05, 4.69) is 4.98 Å². The SMILES string of the molecule is N#Cc1cc([B-](F)(F)F)ccn1.[K+]. The Morgan fingerprint density at radius 2 is 2.00 bits per heavy atom. The molecule has 0 amide bonds. The summed E-state index contributed by atoms with van der Waals surface area (Å²) in [6.07, 6.45) is 0.975. The summed E-state index contributed by atoms with van der Waals surface area (Å²) >= 11 is 0. The zero-order valence-electron chi connectivity index (χ0n) is 6.84. The van der Waals surface area contributed by atoms with Gasteiger partial charge in [-0.1, -0.05) is 12.1 Å². The summed E-state index contributed by atoms with van der Waals surface area (Å²) in [4.78, 5) is 3.42. The quantitative estimate of drug-likeness (QED) is 0.503. The average Bonchev–Trinajstić information content (AvgIpc) is 2.03. The van der Waals surface area contributed by atoms with E-state index < -0.39 is 12.4 Å². The first kappa shape index (κ1) is 13.1. The molecular formula is C6H3BF3KN2. The Labute approximate surface area is 116 Å². The molecular weight excluding hydrogens is 207 g/mol. The molecule has 0 saturated heterocycles. The standard InChI is InChI=1S/C6H3BF3N2.K/c8-7(9,10)5-1-2-12-6(3-5)4-11;/h1-3H;/q-1;+1. The fraction of sp³-hybridized carbons (Fsp3) is 0. The van der Waals surface area contributed by atoms with Crippen LogP contribution in [0.2, 0.25) is 0 Å². The van der Waals surface area contributed by atoms with Crippen molar-refractivity contribution in [3.63, 3.8) is 0 Å². The molecule has 0 bridgehead atoms. The first-order valence-electron chi connectivity index (χ1n) is 3.10. The zero-order chi connectivity index (χ0) is 9.19. The topological polar surface area (TPSA) is 36.7 Å². The van der Waals surface area contributed by atoms with Crippen LogP contribution in [0.4, 0.5) is 12.9 Å². The zero-order valence-corrected chi connectivity index (χ0v) is 9.96. The second-order valence-corrected chi connectivity index (χ2v) is 2.16. The van der Waals surface area contributed by atoms with Crippen molar-refractivity contribution >= 4 is 12.4 Å². The molecule has 0 aliphatic heterocycles. The maximum Gasteiger partial charge on any atom is 1.00 e. The van der Waals surface area contributed by atoms with Gasteiger partial charge in [0.25, 0.3) is 0 Å². The molecule has 0 N–H and O–H groups in total. The van der Waals surface area contributed by atoms with Crippen LogP contribution >= 0.6 is 0 Å². The molecule has 0 atom stereocenters. The van der Waals surface area contributed by atoms with E-state index in [9.17, 15) is 12.9 Å². The first-order valence-corrected chi connectivity index (χ1v) is 3.10. The van der Waals surface area contributed by atoms with Crippen LogP contribution in [0.3, 0.4) is 0 Å². The van der Waals surface area contributed by atoms with Crippen LogP contribution in [0.1, 0.15) is 5.69 Å². The Morgan fingerprint density at radius 1 is 1.38 bits per heavy atom. The fourth-order valence-electron chi connectivity index (χ4n) is 0.712. The van der Waals surface area contributed by atoms with Crippen molar-refractivity contribution in [1.29, 1.82) is 5.26 Å². The van der Waals surface area contributed by atoms with Crippen molar-refractivity contribution in [1.82, 2.24) is 4.98 Å². The van der Waals surface area contributed by atoms with Gasteiger partial charge < -0.3 is 12.9 Å². The Balaban J connectivity index is 0.00000144. The molecule has 2 nitrogen and oxygen atoms in total. The summed E-state index contributed by atoms with van der Waals surface area (Å²) in [6.45, 7) is -5.02. The third-order valence-corrected chi connectivity index (χ3v) is 1.28. The molecule has 0 radical (unpaired) electrons. The molecule has 13 heavy (non-hydrogen) atoms. The summed E-state index contributed by atoms with van der Waals surface area (Å²) in [5, 5.41) is 8.25. The predicted molar refractivity (Wildman–Crippen MR) is 37.7 cm³/mol. The van der Waals surface area contributed by atoms with Gasteiger partial charge in [-0.25, -0.2) is 4.98 Å². The maximum absolute atomic E-state index is 12.0. The van der Waals surface area contributed by atoms with Crippen molar-refractivity contribution < 1.29 is 64.3 Å². The number of hydrogen-bond acceptors (Lipinski definition) is 2. The van der Waals surface area contributed by atoms with Crippen molar-refractivity contribution in [3.05, 3.63) is 24.0 Å². The maximum atomic E-state index is 12.0. The third-order valence-electron chi connectivity index (χ3n) is 1.28. The fourth-order valence-corrected chi connectivity index (χ4v) is 0.712. The molecule has 1 aromatic heterocycles. The van der Waals surface area contributed by atoms with E-state index in [1.54, 1.807) is 0 Å². The molecule has 0 saturated carbocycles. The molecule has 0 aliphatic rings. The van der Waals surface area contributed by atoms with E-state index in [4.69, 9.17) is 5.26 Å². The first-order chi connectivity index (χ1) is 5.54. The van der Waals surface area contributed by atoms with Gasteiger partial charge in [0.15, 0.2) is 0 Å². The van der Waals surface area contributed by atoms with E-state index in [-0.39, 0.29) is 57.1 Å². The second-order valence-electron chi connectivity index (χ2n) is 2.16. The summed E-state index contributed by atoms with van der Waals surface area (Å²) < 4.78 is 36.1. The van der Waals surface area contributed by atoms with Gasteiger partial charge in [0, 0.05) is 6.20 Å². The van der Waals surface area contributed by atoms with Gasteiger partial charge in [0.05, 0.1) is 0 Å². The normalized spacial score (nSPS) is 10.0. The van der Waals surface area contributed by atoms with Gasteiger partial charge in [-0.3, -0.25) is 0 Å². The number of aromatic nitrogens is 1. The molecule has 1 heterocycles. The molecule has 0 fully saturated rings. The number of hydrogen-bond donors (Lipinski definition) is 0. The van der Waals surface area contributed by atoms with Crippen LogP contribution in [-0.4, -0.2) is 12.0 Å². The van der Waals surface area contributed by atoms with E-state index in [0.29, 0.717) is 0 Å². The van der Waals surface area contributed by atoms with Crippen molar-refractivity contribution in [2.24, 2.45) is 0 Å². The number of nitrogens with zero attached hydrogens (tertiary/aromatic N) is 2. The summed E-state index contributed by atoms with van der Waals surface area (Å²) in [7, 11) is 0. The van der Waals surface area contributed by atoms with Crippen LogP contribution in [0.15, 0.2) is 18.3 Å². The molecule has 0 spiro atoms. The van der Waals surface area contributed by atoms with Crippen LogP contribution in [-0.2, 0) is 0 Å². The second kappa shape index (κ2) is 5.12. The molecule has 1 rings (SSSR count). The van der Waals surface area contributed by atoms with Crippen LogP contribution in [0, 0.1) is 11.3 Å². The smallest absolute Gasteiger partial charge is 0.445 e. The van der Waals surface area contributed by atoms with Crippen LogP contribution in [0.25, 0.3) is 0 Å². The molecule has 1 aromatic rings. The van der Waals surface area contributed by atoms with Gasteiger partial charge in [-0.2, -0.15) is 5.26 Å². The van der Waals surface area contributed by atoms with Gasteiger partial charge in [-0.15, -0.1) is 5.46 Å². The van der Waals surface area contributed by atoms with Gasteiger partial charge >= 0.3 is 58.4 Å². The minimum absolute atomic E-state index is 0. The van der Waals surface area contributed by atoms with Gasteiger partial charge in [0.1, 0.15) is 11.8 Å². The van der Waals surface area contributed by atoms with E-state index >= 15 is 0 Å². The van der Waals surface area contributed by atoms with E-state index in [0.717, 1.165) is 18.3 Å². The number of rotatable bonds is 1. The molecule has 7 heteroatoms. The van der Waals surface area contributed by atoms with Crippen molar-refractivity contribution in [3.8, 4) is 6.07 Å². The Bertz CT molecular complexity index is 333. The van der Waals surface area contributed by atoms with Crippen LogP contribution in [0.5, 0.6) is 0 Å². The summed E-state index contributed by atoms with van der Waals surface area (Å²) in [5.74, 6) is 0. The molecule has 62 valence electrons. The third kappa shape index (κ3) is 3.79. The predicted octanol–water partition coefficient (Wildman–Crippen LogP) is -1.99. The molecule has 0 unspecified atom stereocenters. The minimum Gasteiger partial charge on any atom is -0.445 e. The number of nitriles is 1. The molecule has 0 aromatic carbocycles. The van der Waals surface area contributed by atoms with Gasteiger partial charge in [-0.05, 0) is 0 Å². The van der Waals surface area contributed by atoms with Gasteiger partial charge in [0.2, 0.25) is 0 Å². The van der Waals surface area contributed by atoms with E-state index in [1.165, 1.54) is 6.07 Å². The summed E-state index contributed by atoms with van der Waals surface area (Å²) in [6, 6.07) is 3.12. The Hall–Kier alpha value is 0.131. The minimum atomic E-state index is -5.02. The Kier molecular flexibility index (Phi) is 5.17. The van der Waals surface area contributed by atoms with Crippen LogP contribution < -0.4 is 56.8 Å². The largest absolute Gasteiger partial charge is 1.00 e. The van der Waals surface area contributed by atoms with Crippen molar-refractivity contribution in [2.75, 3.05) is 0 Å². The monoisotopic (exact) mass is 210 g/mol. The Morgan fingerprint density at radius 3 is 2.46 bits per heavy atom.